The molecular formula is C13H11Br2NO3S. The highest BCUT2D eigenvalue weighted by Gasteiger charge is 2.19. The van der Waals surface area contributed by atoms with Gasteiger partial charge in [0.2, 0.25) is 0 Å². The normalized spacial score (nSPS) is 11.3. The topological polar surface area (TPSA) is 66.4 Å². The maximum absolute atomic E-state index is 12.4. The SMILES string of the molecule is Cc1cccc(NS(=O)(=O)c2cc(Br)ccc2Br)c1O. The monoisotopic (exact) mass is 419 g/mol. The number of para-hydroxylation sites is 1. The summed E-state index contributed by atoms with van der Waals surface area (Å²) < 4.78 is 28.2. The van der Waals surface area contributed by atoms with E-state index < -0.39 is 10.0 Å². The van der Waals surface area contributed by atoms with Crippen molar-refractivity contribution in [2.45, 2.75) is 11.8 Å². The van der Waals surface area contributed by atoms with Crippen LogP contribution in [0.2, 0.25) is 0 Å². The van der Waals surface area contributed by atoms with Crippen LogP contribution in [0.25, 0.3) is 0 Å². The summed E-state index contributed by atoms with van der Waals surface area (Å²) in [4.78, 5) is 0.0905. The lowest BCUT2D eigenvalue weighted by Gasteiger charge is -2.12. The van der Waals surface area contributed by atoms with E-state index in [1.807, 2.05) is 0 Å². The first-order valence-electron chi connectivity index (χ1n) is 5.58. The van der Waals surface area contributed by atoms with Crippen LogP contribution < -0.4 is 4.72 Å². The average molecular weight is 421 g/mol. The van der Waals surface area contributed by atoms with Crippen LogP contribution in [-0.4, -0.2) is 13.5 Å². The second-order valence-electron chi connectivity index (χ2n) is 4.15. The van der Waals surface area contributed by atoms with Gasteiger partial charge in [-0.05, 0) is 52.7 Å². The van der Waals surface area contributed by atoms with Crippen molar-refractivity contribution in [2.24, 2.45) is 0 Å². The number of aryl methyl sites for hydroxylation is 1. The molecule has 4 nitrogen and oxygen atoms in total. The zero-order valence-corrected chi connectivity index (χ0v) is 14.4. The van der Waals surface area contributed by atoms with Crippen LogP contribution in [-0.2, 0) is 10.0 Å². The van der Waals surface area contributed by atoms with Gasteiger partial charge in [0.15, 0.2) is 0 Å². The third kappa shape index (κ3) is 3.16. The van der Waals surface area contributed by atoms with Crippen LogP contribution in [0.5, 0.6) is 5.75 Å². The smallest absolute Gasteiger partial charge is 0.263 e. The molecule has 0 aliphatic rings. The molecule has 0 spiro atoms. The summed E-state index contributed by atoms with van der Waals surface area (Å²) >= 11 is 6.45. The Bertz CT molecular complexity index is 760. The molecule has 2 aromatic carbocycles. The number of benzene rings is 2. The molecule has 0 heterocycles. The highest BCUT2D eigenvalue weighted by molar-refractivity contribution is 9.11. The Hall–Kier alpha value is -1.05. The van der Waals surface area contributed by atoms with Crippen molar-refractivity contribution in [1.82, 2.24) is 0 Å². The Kier molecular flexibility index (Phi) is 4.41. The fourth-order valence-electron chi connectivity index (χ4n) is 1.62. The predicted octanol–water partition coefficient (Wildman–Crippen LogP) is 4.03. The Morgan fingerprint density at radius 3 is 2.55 bits per heavy atom. The first-order chi connectivity index (χ1) is 9.31. The van der Waals surface area contributed by atoms with Crippen molar-refractivity contribution in [3.05, 3.63) is 50.9 Å². The molecule has 0 aromatic heterocycles. The van der Waals surface area contributed by atoms with Crippen molar-refractivity contribution in [1.29, 1.82) is 0 Å². The highest BCUT2D eigenvalue weighted by Crippen LogP contribution is 2.31. The predicted molar refractivity (Wildman–Crippen MR) is 85.5 cm³/mol. The zero-order chi connectivity index (χ0) is 14.9. The van der Waals surface area contributed by atoms with E-state index in [1.165, 1.54) is 12.1 Å². The van der Waals surface area contributed by atoms with E-state index in [0.29, 0.717) is 14.5 Å². The largest absolute Gasteiger partial charge is 0.505 e. The van der Waals surface area contributed by atoms with Gasteiger partial charge in [-0.3, -0.25) is 4.72 Å². The average Bonchev–Trinajstić information content (AvgIpc) is 2.37. The summed E-state index contributed by atoms with van der Waals surface area (Å²) in [6.07, 6.45) is 0. The van der Waals surface area contributed by atoms with E-state index in [1.54, 1.807) is 31.2 Å². The van der Waals surface area contributed by atoms with Crippen LogP contribution in [0.15, 0.2) is 50.2 Å². The molecule has 2 N–H and O–H groups in total. The van der Waals surface area contributed by atoms with Gasteiger partial charge in [0.1, 0.15) is 10.6 Å². The number of sulfonamides is 1. The van der Waals surface area contributed by atoms with Crippen molar-refractivity contribution < 1.29 is 13.5 Å². The first kappa shape index (κ1) is 15.3. The summed E-state index contributed by atoms with van der Waals surface area (Å²) in [5.41, 5.74) is 0.746. The van der Waals surface area contributed by atoms with Gasteiger partial charge in [-0.15, -0.1) is 0 Å². The molecule has 2 rings (SSSR count). The van der Waals surface area contributed by atoms with E-state index in [-0.39, 0.29) is 16.3 Å². The standard InChI is InChI=1S/C13H11Br2NO3S/c1-8-3-2-4-11(13(8)17)16-20(18,19)12-7-9(14)5-6-10(12)15/h2-7,16-17H,1H3. The molecule has 0 saturated heterocycles. The molecule has 106 valence electrons. The molecule has 2 aromatic rings. The van der Waals surface area contributed by atoms with E-state index in [2.05, 4.69) is 36.6 Å². The molecule has 20 heavy (non-hydrogen) atoms. The summed E-state index contributed by atoms with van der Waals surface area (Å²) in [6, 6.07) is 9.72. The number of halogens is 2. The van der Waals surface area contributed by atoms with Crippen LogP contribution in [0.1, 0.15) is 5.56 Å². The lowest BCUT2D eigenvalue weighted by atomic mass is 10.2. The fraction of sp³-hybridized carbons (Fsp3) is 0.0769. The van der Waals surface area contributed by atoms with Crippen molar-refractivity contribution in [3.63, 3.8) is 0 Å². The molecular weight excluding hydrogens is 410 g/mol. The minimum atomic E-state index is -3.79. The molecule has 0 atom stereocenters. The number of nitrogens with one attached hydrogen (secondary N) is 1. The maximum atomic E-state index is 12.4. The molecule has 0 aliphatic carbocycles. The second-order valence-corrected chi connectivity index (χ2v) is 7.57. The Morgan fingerprint density at radius 2 is 1.85 bits per heavy atom. The number of rotatable bonds is 3. The van der Waals surface area contributed by atoms with Gasteiger partial charge in [-0.25, -0.2) is 8.42 Å². The van der Waals surface area contributed by atoms with Gasteiger partial charge < -0.3 is 5.11 Å². The lowest BCUT2D eigenvalue weighted by molar-refractivity contribution is 0.473. The van der Waals surface area contributed by atoms with Gasteiger partial charge in [-0.1, -0.05) is 28.1 Å². The van der Waals surface area contributed by atoms with Crippen LogP contribution >= 0.6 is 31.9 Å². The third-order valence-corrected chi connectivity index (χ3v) is 5.52. The molecule has 0 saturated carbocycles. The van der Waals surface area contributed by atoms with E-state index in [4.69, 9.17) is 0 Å². The molecule has 7 heteroatoms. The number of anilines is 1. The van der Waals surface area contributed by atoms with Crippen molar-refractivity contribution >= 4 is 47.6 Å². The quantitative estimate of drug-likeness (QED) is 0.736. The summed E-state index contributed by atoms with van der Waals surface area (Å²) in [5.74, 6) is -0.0813. The first-order valence-corrected chi connectivity index (χ1v) is 8.64. The van der Waals surface area contributed by atoms with Crippen LogP contribution in [0.3, 0.4) is 0 Å². The summed E-state index contributed by atoms with van der Waals surface area (Å²) in [7, 11) is -3.79. The van der Waals surface area contributed by atoms with Crippen LogP contribution in [0.4, 0.5) is 5.69 Å². The number of phenolic OH excluding ortho intramolecular Hbond substituents is 1. The lowest BCUT2D eigenvalue weighted by Crippen LogP contribution is -2.13. The molecule has 0 radical (unpaired) electrons. The molecule has 0 fully saturated rings. The van der Waals surface area contributed by atoms with E-state index >= 15 is 0 Å². The van der Waals surface area contributed by atoms with Gasteiger partial charge in [-0.2, -0.15) is 0 Å². The maximum Gasteiger partial charge on any atom is 0.263 e. The molecule has 0 aliphatic heterocycles. The van der Waals surface area contributed by atoms with Gasteiger partial charge in [0, 0.05) is 8.95 Å². The molecule has 0 amide bonds. The fourth-order valence-corrected chi connectivity index (χ4v) is 4.19. The number of hydrogen-bond donors (Lipinski definition) is 2. The van der Waals surface area contributed by atoms with Crippen molar-refractivity contribution in [3.8, 4) is 5.75 Å². The van der Waals surface area contributed by atoms with E-state index in [9.17, 15) is 13.5 Å². The van der Waals surface area contributed by atoms with Crippen LogP contribution in [0, 0.1) is 6.92 Å². The highest BCUT2D eigenvalue weighted by atomic mass is 79.9. The van der Waals surface area contributed by atoms with Crippen molar-refractivity contribution in [2.75, 3.05) is 4.72 Å². The minimum absolute atomic E-state index is 0.0813. The Balaban J connectivity index is 2.46. The number of phenols is 1. The summed E-state index contributed by atoms with van der Waals surface area (Å²) in [5, 5.41) is 9.88. The number of hydrogen-bond acceptors (Lipinski definition) is 3. The third-order valence-electron chi connectivity index (χ3n) is 2.66. The Labute approximate surface area is 134 Å². The van der Waals surface area contributed by atoms with Gasteiger partial charge >= 0.3 is 0 Å². The second kappa shape index (κ2) is 5.75. The van der Waals surface area contributed by atoms with E-state index in [0.717, 1.165) is 0 Å². The zero-order valence-electron chi connectivity index (χ0n) is 10.4. The minimum Gasteiger partial charge on any atom is -0.505 e. The van der Waals surface area contributed by atoms with Gasteiger partial charge in [0.25, 0.3) is 10.0 Å². The molecule has 0 unspecified atom stereocenters. The Morgan fingerprint density at radius 1 is 1.15 bits per heavy atom. The van der Waals surface area contributed by atoms with Gasteiger partial charge in [0.05, 0.1) is 5.69 Å². The number of aromatic hydroxyl groups is 1. The summed E-state index contributed by atoms with van der Waals surface area (Å²) in [6.45, 7) is 1.70. The molecule has 0 bridgehead atoms.